The molecule has 0 unspecified atom stereocenters. The number of rotatable bonds is 4. The topological polar surface area (TPSA) is 37.8 Å². The highest BCUT2D eigenvalue weighted by Gasteiger charge is 2.18. The van der Waals surface area contributed by atoms with Gasteiger partial charge in [0.05, 0.1) is 11.4 Å². The van der Waals surface area contributed by atoms with Crippen molar-refractivity contribution in [2.24, 2.45) is 0 Å². The van der Waals surface area contributed by atoms with Crippen LogP contribution in [0.3, 0.4) is 0 Å². The van der Waals surface area contributed by atoms with Crippen LogP contribution in [0.2, 0.25) is 0 Å². The zero-order valence-corrected chi connectivity index (χ0v) is 12.1. The molecule has 2 aromatic rings. The number of aryl methyl sites for hydroxylation is 2. The lowest BCUT2D eigenvalue weighted by Gasteiger charge is -2.13. The fourth-order valence-corrected chi connectivity index (χ4v) is 1.86. The fraction of sp³-hybridized carbons (Fsp3) is 0.333. The summed E-state index contributed by atoms with van der Waals surface area (Å²) in [7, 11) is 0. The second kappa shape index (κ2) is 6.11. The minimum absolute atomic E-state index is 0.108. The summed E-state index contributed by atoms with van der Waals surface area (Å²) in [6.07, 6.45) is 0.842. The van der Waals surface area contributed by atoms with E-state index in [0.29, 0.717) is 29.8 Å². The molecule has 1 N–H and O–H groups in total. The molecule has 1 aromatic carbocycles. The molecule has 0 amide bonds. The summed E-state index contributed by atoms with van der Waals surface area (Å²) in [4.78, 5) is 8.60. The standard InChI is InChI=1S/C15H16F3N3/c1-4-5-19-15-14(20-8(2)9(3)21-15)10-6-12(17)13(18)7-11(10)16/h6-7H,4-5H2,1-3H3,(H,19,21). The first kappa shape index (κ1) is 15.3. The number of hydrogen-bond acceptors (Lipinski definition) is 3. The molecule has 3 nitrogen and oxygen atoms in total. The van der Waals surface area contributed by atoms with Gasteiger partial charge in [0, 0.05) is 18.2 Å². The molecule has 0 radical (unpaired) electrons. The average Bonchev–Trinajstić information content (AvgIpc) is 2.44. The predicted molar refractivity (Wildman–Crippen MR) is 75.6 cm³/mol. The highest BCUT2D eigenvalue weighted by Crippen LogP contribution is 2.29. The molecule has 0 saturated carbocycles. The van der Waals surface area contributed by atoms with E-state index in [-0.39, 0.29) is 11.3 Å². The maximum Gasteiger partial charge on any atom is 0.161 e. The molecule has 0 fully saturated rings. The average molecular weight is 295 g/mol. The molecule has 21 heavy (non-hydrogen) atoms. The van der Waals surface area contributed by atoms with Crippen molar-refractivity contribution in [3.63, 3.8) is 0 Å². The number of hydrogen-bond donors (Lipinski definition) is 1. The van der Waals surface area contributed by atoms with Crippen LogP contribution in [-0.2, 0) is 0 Å². The van der Waals surface area contributed by atoms with Crippen molar-refractivity contribution in [1.29, 1.82) is 0 Å². The second-order valence-electron chi connectivity index (χ2n) is 4.76. The molecule has 0 atom stereocenters. The quantitative estimate of drug-likeness (QED) is 0.866. The van der Waals surface area contributed by atoms with Crippen molar-refractivity contribution >= 4 is 5.82 Å². The number of nitrogens with zero attached hydrogens (tertiary/aromatic N) is 2. The van der Waals surface area contributed by atoms with Gasteiger partial charge >= 0.3 is 0 Å². The lowest BCUT2D eigenvalue weighted by molar-refractivity contribution is 0.496. The number of halogens is 3. The van der Waals surface area contributed by atoms with Gasteiger partial charge in [0.2, 0.25) is 0 Å². The van der Waals surface area contributed by atoms with Crippen LogP contribution in [0.15, 0.2) is 12.1 Å². The van der Waals surface area contributed by atoms with E-state index in [0.717, 1.165) is 12.5 Å². The van der Waals surface area contributed by atoms with Crippen LogP contribution in [0.4, 0.5) is 19.0 Å². The third-order valence-electron chi connectivity index (χ3n) is 3.11. The van der Waals surface area contributed by atoms with Gasteiger partial charge in [0.15, 0.2) is 17.5 Å². The first-order valence-electron chi connectivity index (χ1n) is 6.68. The molecule has 0 bridgehead atoms. The van der Waals surface area contributed by atoms with E-state index in [9.17, 15) is 13.2 Å². The molecule has 0 aliphatic rings. The van der Waals surface area contributed by atoms with Gasteiger partial charge in [-0.05, 0) is 26.3 Å². The maximum absolute atomic E-state index is 13.9. The Labute approximate surface area is 121 Å². The van der Waals surface area contributed by atoms with Gasteiger partial charge in [0.1, 0.15) is 11.5 Å². The van der Waals surface area contributed by atoms with E-state index in [1.54, 1.807) is 13.8 Å². The third-order valence-corrected chi connectivity index (χ3v) is 3.11. The van der Waals surface area contributed by atoms with Crippen molar-refractivity contribution in [1.82, 2.24) is 9.97 Å². The summed E-state index contributed by atoms with van der Waals surface area (Å²) < 4.78 is 40.4. The lowest BCUT2D eigenvalue weighted by atomic mass is 10.1. The molecule has 1 aromatic heterocycles. The second-order valence-corrected chi connectivity index (χ2v) is 4.76. The first-order chi connectivity index (χ1) is 9.93. The van der Waals surface area contributed by atoms with Crippen LogP contribution in [0.5, 0.6) is 0 Å². The third kappa shape index (κ3) is 3.15. The van der Waals surface area contributed by atoms with E-state index in [1.807, 2.05) is 6.92 Å². The SMILES string of the molecule is CCCNc1nc(C)c(C)nc1-c1cc(F)c(F)cc1F. The Morgan fingerprint density at radius 3 is 2.24 bits per heavy atom. The molecule has 0 saturated heterocycles. The van der Waals surface area contributed by atoms with Crippen LogP contribution in [0.25, 0.3) is 11.3 Å². The van der Waals surface area contributed by atoms with Crippen molar-refractivity contribution < 1.29 is 13.2 Å². The summed E-state index contributed by atoms with van der Waals surface area (Å²) in [6.45, 7) is 6.10. The minimum Gasteiger partial charge on any atom is -0.368 e. The number of benzene rings is 1. The zero-order valence-electron chi connectivity index (χ0n) is 12.1. The number of aromatic nitrogens is 2. The lowest BCUT2D eigenvalue weighted by Crippen LogP contribution is -2.08. The Morgan fingerprint density at radius 2 is 1.57 bits per heavy atom. The number of anilines is 1. The molecule has 1 heterocycles. The summed E-state index contributed by atoms with van der Waals surface area (Å²) in [6, 6.07) is 1.33. The van der Waals surface area contributed by atoms with E-state index in [2.05, 4.69) is 15.3 Å². The van der Waals surface area contributed by atoms with Gasteiger partial charge in [-0.3, -0.25) is 0 Å². The Hall–Kier alpha value is -2.11. The Balaban J connectivity index is 2.61. The molecule has 0 spiro atoms. The van der Waals surface area contributed by atoms with Gasteiger partial charge in [-0.1, -0.05) is 6.92 Å². The molecular formula is C15H16F3N3. The Kier molecular flexibility index (Phi) is 4.45. The van der Waals surface area contributed by atoms with Crippen LogP contribution >= 0.6 is 0 Å². The molecular weight excluding hydrogens is 279 g/mol. The Morgan fingerprint density at radius 1 is 0.952 bits per heavy atom. The van der Waals surface area contributed by atoms with E-state index >= 15 is 0 Å². The normalized spacial score (nSPS) is 10.8. The Bertz CT molecular complexity index is 672. The van der Waals surface area contributed by atoms with E-state index in [4.69, 9.17) is 0 Å². The maximum atomic E-state index is 13.9. The smallest absolute Gasteiger partial charge is 0.161 e. The van der Waals surface area contributed by atoms with Gasteiger partial charge < -0.3 is 5.32 Å². The molecule has 0 aliphatic heterocycles. The number of nitrogens with one attached hydrogen (secondary N) is 1. The van der Waals surface area contributed by atoms with Gasteiger partial charge in [-0.15, -0.1) is 0 Å². The monoisotopic (exact) mass is 295 g/mol. The highest BCUT2D eigenvalue weighted by molar-refractivity contribution is 5.72. The largest absolute Gasteiger partial charge is 0.368 e. The molecule has 112 valence electrons. The van der Waals surface area contributed by atoms with Crippen molar-refractivity contribution in [2.45, 2.75) is 27.2 Å². The van der Waals surface area contributed by atoms with Crippen molar-refractivity contribution in [3.8, 4) is 11.3 Å². The summed E-state index contributed by atoms with van der Waals surface area (Å²) >= 11 is 0. The zero-order chi connectivity index (χ0) is 15.6. The molecule has 2 rings (SSSR count). The highest BCUT2D eigenvalue weighted by atomic mass is 19.2. The minimum atomic E-state index is -1.23. The van der Waals surface area contributed by atoms with Crippen LogP contribution in [-0.4, -0.2) is 16.5 Å². The fourth-order valence-electron chi connectivity index (χ4n) is 1.86. The first-order valence-corrected chi connectivity index (χ1v) is 6.68. The summed E-state index contributed by atoms with van der Waals surface area (Å²) in [5, 5.41) is 3.03. The van der Waals surface area contributed by atoms with Gasteiger partial charge in [0.25, 0.3) is 0 Å². The van der Waals surface area contributed by atoms with Crippen LogP contribution < -0.4 is 5.32 Å². The van der Waals surface area contributed by atoms with E-state index < -0.39 is 17.5 Å². The summed E-state index contributed by atoms with van der Waals surface area (Å²) in [5.41, 5.74) is 1.38. The van der Waals surface area contributed by atoms with Crippen LogP contribution in [0, 0.1) is 31.3 Å². The van der Waals surface area contributed by atoms with Crippen LogP contribution in [0.1, 0.15) is 24.7 Å². The molecule has 0 aliphatic carbocycles. The van der Waals surface area contributed by atoms with Crippen molar-refractivity contribution in [3.05, 3.63) is 41.0 Å². The molecule has 6 heteroatoms. The van der Waals surface area contributed by atoms with Gasteiger partial charge in [-0.25, -0.2) is 23.1 Å². The van der Waals surface area contributed by atoms with Gasteiger partial charge in [-0.2, -0.15) is 0 Å². The van der Waals surface area contributed by atoms with Crippen molar-refractivity contribution in [2.75, 3.05) is 11.9 Å². The van der Waals surface area contributed by atoms with E-state index in [1.165, 1.54) is 0 Å². The summed E-state index contributed by atoms with van der Waals surface area (Å²) in [5.74, 6) is -2.85. The predicted octanol–water partition coefficient (Wildman–Crippen LogP) is 4.00.